The van der Waals surface area contributed by atoms with Gasteiger partial charge in [0.1, 0.15) is 0 Å². The molecule has 5 rings (SSSR count). The van der Waals surface area contributed by atoms with Crippen molar-refractivity contribution in [3.63, 3.8) is 0 Å². The Hall–Kier alpha value is -1.59. The van der Waals surface area contributed by atoms with Gasteiger partial charge in [-0.05, 0) is 87.9 Å². The molecule has 3 fully saturated rings. The van der Waals surface area contributed by atoms with E-state index in [1.807, 2.05) is 0 Å². The number of piperidine rings is 1. The van der Waals surface area contributed by atoms with Gasteiger partial charge in [-0.3, -0.25) is 9.69 Å². The van der Waals surface area contributed by atoms with Gasteiger partial charge in [0.05, 0.1) is 12.1 Å². The van der Waals surface area contributed by atoms with Crippen LogP contribution in [0.25, 0.3) is 0 Å². The first-order valence-corrected chi connectivity index (χ1v) is 13.1. The summed E-state index contributed by atoms with van der Waals surface area (Å²) < 4.78 is 0. The summed E-state index contributed by atoms with van der Waals surface area (Å²) in [5, 5.41) is 11.4. The zero-order chi connectivity index (χ0) is 22.0. The van der Waals surface area contributed by atoms with E-state index in [0.717, 1.165) is 84.2 Å². The highest BCUT2D eigenvalue weighted by Crippen LogP contribution is 2.48. The van der Waals surface area contributed by atoms with Gasteiger partial charge in [0.2, 0.25) is 5.91 Å². The Kier molecular flexibility index (Phi) is 6.48. The first-order valence-electron chi connectivity index (χ1n) is 13.1. The van der Waals surface area contributed by atoms with Crippen molar-refractivity contribution >= 4 is 11.6 Å². The molecule has 176 valence electrons. The van der Waals surface area contributed by atoms with E-state index in [2.05, 4.69) is 39.0 Å². The zero-order valence-electron chi connectivity index (χ0n) is 19.7. The average Bonchev–Trinajstić information content (AvgIpc) is 3.02. The summed E-state index contributed by atoms with van der Waals surface area (Å²) in [4.78, 5) is 19.8. The molecule has 1 spiro atoms. The first kappa shape index (κ1) is 22.2. The predicted octanol–water partition coefficient (Wildman–Crippen LogP) is 3.84. The van der Waals surface area contributed by atoms with E-state index >= 15 is 0 Å². The van der Waals surface area contributed by atoms with Crippen LogP contribution in [-0.2, 0) is 11.2 Å². The summed E-state index contributed by atoms with van der Waals surface area (Å²) >= 11 is 0. The molecule has 5 nitrogen and oxygen atoms in total. The van der Waals surface area contributed by atoms with E-state index in [-0.39, 0.29) is 0 Å². The van der Waals surface area contributed by atoms with Gasteiger partial charge in [0.25, 0.3) is 0 Å². The lowest BCUT2D eigenvalue weighted by molar-refractivity contribution is -0.136. The van der Waals surface area contributed by atoms with Crippen molar-refractivity contribution in [1.29, 1.82) is 0 Å². The second kappa shape index (κ2) is 9.34. The van der Waals surface area contributed by atoms with Crippen molar-refractivity contribution in [2.75, 3.05) is 50.7 Å². The third-order valence-electron chi connectivity index (χ3n) is 8.94. The van der Waals surface area contributed by atoms with Gasteiger partial charge in [0.15, 0.2) is 0 Å². The minimum atomic E-state index is -0.567. The van der Waals surface area contributed by atoms with Crippen LogP contribution in [0.3, 0.4) is 0 Å². The van der Waals surface area contributed by atoms with Gasteiger partial charge in [-0.2, -0.15) is 0 Å². The molecular formula is C27H41N3O2. The Morgan fingerprint density at radius 3 is 2.25 bits per heavy atom. The number of fused-ring (bicyclic) bond motifs is 1. The number of likely N-dealkylation sites (tertiary alicyclic amines) is 2. The third kappa shape index (κ3) is 4.84. The number of β-amino-alcohol motifs (C(OH)–C–C–N with tert-alkyl or cyclic N) is 1. The topological polar surface area (TPSA) is 47.0 Å². The Morgan fingerprint density at radius 1 is 0.844 bits per heavy atom. The highest BCUT2D eigenvalue weighted by molar-refractivity contribution is 5.78. The number of aliphatic hydroxyl groups is 1. The molecule has 2 saturated heterocycles. The number of benzene rings is 1. The smallest absolute Gasteiger partial charge is 0.236 e. The molecule has 1 amide bonds. The quantitative estimate of drug-likeness (QED) is 0.774. The molecule has 3 aliphatic heterocycles. The summed E-state index contributed by atoms with van der Waals surface area (Å²) in [6.45, 7) is 6.40. The number of hydrogen-bond acceptors (Lipinski definition) is 4. The Balaban J connectivity index is 1.10. The second-order valence-corrected chi connectivity index (χ2v) is 11.1. The largest absolute Gasteiger partial charge is 0.388 e. The lowest BCUT2D eigenvalue weighted by atomic mass is 9.64. The monoisotopic (exact) mass is 439 g/mol. The lowest BCUT2D eigenvalue weighted by Gasteiger charge is -2.49. The first-order chi connectivity index (χ1) is 15.5. The molecule has 1 aliphatic carbocycles. The van der Waals surface area contributed by atoms with E-state index in [4.69, 9.17) is 0 Å². The Labute approximate surface area is 193 Å². The van der Waals surface area contributed by atoms with E-state index in [0.29, 0.717) is 17.9 Å². The number of anilines is 1. The molecule has 32 heavy (non-hydrogen) atoms. The molecule has 1 aromatic carbocycles. The standard InChI is InChI=1S/C27H41N3O2/c31-25(21-28-16-5-1-2-6-17-28)29-19-14-26(15-20-29)10-12-27(32,13-11-26)22-30-18-9-23-7-3-4-8-24(23)30/h3-4,7-8,32H,1-2,5-6,9-22H2. The highest BCUT2D eigenvalue weighted by Gasteiger charge is 2.44. The van der Waals surface area contributed by atoms with Crippen molar-refractivity contribution in [2.45, 2.75) is 76.2 Å². The zero-order valence-corrected chi connectivity index (χ0v) is 19.7. The number of para-hydroxylation sites is 1. The minimum absolute atomic E-state index is 0.335. The second-order valence-electron chi connectivity index (χ2n) is 11.1. The SMILES string of the molecule is O=C(CN1CCCCCC1)N1CCC2(CC1)CCC(O)(CN1CCc3ccccc31)CC2. The third-order valence-corrected chi connectivity index (χ3v) is 8.94. The van der Waals surface area contributed by atoms with Crippen LogP contribution in [0.15, 0.2) is 24.3 Å². The molecule has 0 aromatic heterocycles. The normalized spacial score (nSPS) is 25.5. The molecule has 1 aromatic rings. The Morgan fingerprint density at radius 2 is 1.53 bits per heavy atom. The summed E-state index contributed by atoms with van der Waals surface area (Å²) in [5.41, 5.74) is 2.51. The highest BCUT2D eigenvalue weighted by atomic mass is 16.3. The number of hydrogen-bond donors (Lipinski definition) is 1. The molecule has 5 heteroatoms. The van der Waals surface area contributed by atoms with E-state index in [9.17, 15) is 9.90 Å². The van der Waals surface area contributed by atoms with Crippen LogP contribution in [0, 0.1) is 5.41 Å². The molecule has 1 N–H and O–H groups in total. The molecule has 4 aliphatic rings. The van der Waals surface area contributed by atoms with Crippen LogP contribution in [0.2, 0.25) is 0 Å². The number of carbonyl (C=O) groups excluding carboxylic acids is 1. The van der Waals surface area contributed by atoms with Crippen LogP contribution in [0.5, 0.6) is 0 Å². The van der Waals surface area contributed by atoms with Gasteiger partial charge in [-0.1, -0.05) is 31.0 Å². The maximum atomic E-state index is 12.9. The number of carbonyl (C=O) groups is 1. The summed E-state index contributed by atoms with van der Waals surface area (Å²) in [6.07, 6.45) is 12.4. The van der Waals surface area contributed by atoms with Gasteiger partial charge in [0, 0.05) is 31.9 Å². The fraction of sp³-hybridized carbons (Fsp3) is 0.741. The summed E-state index contributed by atoms with van der Waals surface area (Å²) in [7, 11) is 0. The van der Waals surface area contributed by atoms with E-state index in [1.165, 1.54) is 36.9 Å². The summed E-state index contributed by atoms with van der Waals surface area (Å²) in [6, 6.07) is 8.65. The predicted molar refractivity (Wildman–Crippen MR) is 129 cm³/mol. The van der Waals surface area contributed by atoms with Crippen molar-refractivity contribution in [3.8, 4) is 0 Å². The lowest BCUT2D eigenvalue weighted by Crippen LogP contribution is -2.51. The minimum Gasteiger partial charge on any atom is -0.388 e. The van der Waals surface area contributed by atoms with Gasteiger partial charge in [-0.15, -0.1) is 0 Å². The molecule has 0 atom stereocenters. The Bertz CT molecular complexity index is 784. The maximum absolute atomic E-state index is 12.9. The number of amides is 1. The van der Waals surface area contributed by atoms with Gasteiger partial charge >= 0.3 is 0 Å². The van der Waals surface area contributed by atoms with Crippen molar-refractivity contribution < 1.29 is 9.90 Å². The molecule has 0 unspecified atom stereocenters. The molecule has 0 radical (unpaired) electrons. The van der Waals surface area contributed by atoms with Crippen molar-refractivity contribution in [3.05, 3.63) is 29.8 Å². The van der Waals surface area contributed by atoms with Crippen molar-refractivity contribution in [1.82, 2.24) is 9.80 Å². The van der Waals surface area contributed by atoms with Gasteiger partial charge < -0.3 is 14.9 Å². The molecule has 0 bridgehead atoms. The maximum Gasteiger partial charge on any atom is 0.236 e. The van der Waals surface area contributed by atoms with Crippen molar-refractivity contribution in [2.24, 2.45) is 5.41 Å². The molecule has 3 heterocycles. The van der Waals surface area contributed by atoms with E-state index in [1.54, 1.807) is 0 Å². The van der Waals surface area contributed by atoms with Crippen LogP contribution >= 0.6 is 0 Å². The van der Waals surface area contributed by atoms with Crippen LogP contribution in [0.1, 0.15) is 69.8 Å². The molecule has 1 saturated carbocycles. The van der Waals surface area contributed by atoms with Crippen LogP contribution in [-0.4, -0.2) is 72.2 Å². The number of rotatable bonds is 4. The van der Waals surface area contributed by atoms with E-state index < -0.39 is 5.60 Å². The fourth-order valence-corrected chi connectivity index (χ4v) is 6.65. The summed E-state index contributed by atoms with van der Waals surface area (Å²) in [5.74, 6) is 0.335. The van der Waals surface area contributed by atoms with Crippen LogP contribution < -0.4 is 4.90 Å². The van der Waals surface area contributed by atoms with Crippen LogP contribution in [0.4, 0.5) is 5.69 Å². The molecular weight excluding hydrogens is 398 g/mol. The fourth-order valence-electron chi connectivity index (χ4n) is 6.65. The number of nitrogens with zero attached hydrogens (tertiary/aromatic N) is 3. The average molecular weight is 440 g/mol. The van der Waals surface area contributed by atoms with Gasteiger partial charge in [-0.25, -0.2) is 0 Å².